The molecule has 0 radical (unpaired) electrons. The van der Waals surface area contributed by atoms with E-state index >= 15 is 0 Å². The second-order valence-corrected chi connectivity index (χ2v) is 7.83. The van der Waals surface area contributed by atoms with Crippen LogP contribution in [0.3, 0.4) is 0 Å². The summed E-state index contributed by atoms with van der Waals surface area (Å²) in [6.45, 7) is 2.02. The number of benzene rings is 3. The van der Waals surface area contributed by atoms with Crippen molar-refractivity contribution in [1.29, 1.82) is 0 Å². The molecule has 158 valence electrons. The zero-order valence-electron chi connectivity index (χ0n) is 17.2. The van der Waals surface area contributed by atoms with Gasteiger partial charge in [-0.05, 0) is 55.0 Å². The van der Waals surface area contributed by atoms with Crippen LogP contribution in [0.1, 0.15) is 26.2 Å². The first-order chi connectivity index (χ1) is 15.1. The second-order valence-electron chi connectivity index (χ2n) is 7.39. The van der Waals surface area contributed by atoms with Crippen LogP contribution < -0.4 is 14.8 Å². The topological polar surface area (TPSA) is 49.9 Å². The predicted octanol–water partition coefficient (Wildman–Crippen LogP) is 5.64. The third kappa shape index (κ3) is 3.89. The normalized spacial score (nSPS) is 15.4. The first kappa shape index (κ1) is 20.9. The smallest absolute Gasteiger partial charge is 0.300 e. The molecule has 0 aromatic heterocycles. The molecule has 1 aliphatic rings. The van der Waals surface area contributed by atoms with E-state index in [-0.39, 0.29) is 6.42 Å². The summed E-state index contributed by atoms with van der Waals surface area (Å²) in [7, 11) is 0. The lowest BCUT2D eigenvalue weighted by molar-refractivity contribution is -0.142. The average molecular weight is 435 g/mol. The summed E-state index contributed by atoms with van der Waals surface area (Å²) in [6.07, 6.45) is 1.76. The monoisotopic (exact) mass is 434 g/mol. The van der Waals surface area contributed by atoms with E-state index in [2.05, 4.69) is 0 Å². The Hall–Kier alpha value is -3.31. The van der Waals surface area contributed by atoms with Crippen molar-refractivity contribution in [2.45, 2.75) is 31.8 Å². The van der Waals surface area contributed by atoms with Crippen molar-refractivity contribution in [3.05, 3.63) is 90.0 Å². The molecule has 0 unspecified atom stereocenters. The van der Waals surface area contributed by atoms with Crippen LogP contribution in [-0.2, 0) is 9.59 Å². The summed E-state index contributed by atoms with van der Waals surface area (Å²) in [4.78, 5) is 27.8. The van der Waals surface area contributed by atoms with E-state index < -0.39 is 17.4 Å². The highest BCUT2D eigenvalue weighted by molar-refractivity contribution is 6.30. The number of carbonyl (C=O) groups is 2. The quantitative estimate of drug-likeness (QED) is 0.452. The Balaban J connectivity index is 1.84. The van der Waals surface area contributed by atoms with E-state index in [4.69, 9.17) is 16.3 Å². The third-order valence-corrected chi connectivity index (χ3v) is 5.52. The Morgan fingerprint density at radius 2 is 1.26 bits per heavy atom. The molecule has 1 aliphatic heterocycles. The van der Waals surface area contributed by atoms with Gasteiger partial charge in [0, 0.05) is 11.4 Å². The van der Waals surface area contributed by atoms with Gasteiger partial charge in [-0.15, -0.1) is 0 Å². The number of hydrogen-bond donors (Lipinski definition) is 0. The molecule has 2 amide bonds. The average Bonchev–Trinajstić information content (AvgIpc) is 3.02. The number of anilines is 2. The van der Waals surface area contributed by atoms with Gasteiger partial charge in [0.2, 0.25) is 0 Å². The summed E-state index contributed by atoms with van der Waals surface area (Å²) < 4.78 is 6.21. The Kier molecular flexibility index (Phi) is 5.96. The number of rotatable bonds is 7. The molecule has 31 heavy (non-hydrogen) atoms. The van der Waals surface area contributed by atoms with Crippen molar-refractivity contribution >= 4 is 34.8 Å². The molecule has 0 spiro atoms. The number of ether oxygens (including phenoxy) is 1. The molecule has 0 bridgehead atoms. The van der Waals surface area contributed by atoms with Crippen LogP contribution in [0.15, 0.2) is 84.9 Å². The Bertz CT molecular complexity index is 998. The Morgan fingerprint density at radius 3 is 1.71 bits per heavy atom. The van der Waals surface area contributed by atoms with E-state index in [1.165, 1.54) is 10.0 Å². The van der Waals surface area contributed by atoms with Crippen LogP contribution in [0, 0.1) is 0 Å². The van der Waals surface area contributed by atoms with E-state index in [0.717, 1.165) is 6.42 Å². The number of unbranched alkanes of at least 4 members (excludes halogenated alkanes) is 1. The van der Waals surface area contributed by atoms with Crippen molar-refractivity contribution in [2.24, 2.45) is 0 Å². The lowest BCUT2D eigenvalue weighted by Crippen LogP contribution is -2.49. The summed E-state index contributed by atoms with van der Waals surface area (Å²) in [5.74, 6) is -0.392. The minimum atomic E-state index is -1.66. The summed E-state index contributed by atoms with van der Waals surface area (Å²) in [5.41, 5.74) is -0.458. The standard InChI is InChI=1S/C25H23ClN2O3/c1-2-3-18-25(31-22-16-14-19(26)15-17-22)23(29)27(20-10-6-4-7-11-20)28(24(25)30)21-12-8-5-9-13-21/h4-17H,2-3,18H2,1H3. The van der Waals surface area contributed by atoms with Crippen LogP contribution in [0.4, 0.5) is 11.4 Å². The zero-order chi connectivity index (χ0) is 21.8. The Labute approximate surface area is 186 Å². The highest BCUT2D eigenvalue weighted by atomic mass is 35.5. The zero-order valence-corrected chi connectivity index (χ0v) is 18.0. The van der Waals surface area contributed by atoms with Crippen LogP contribution >= 0.6 is 11.6 Å². The van der Waals surface area contributed by atoms with E-state index in [0.29, 0.717) is 28.6 Å². The van der Waals surface area contributed by atoms with E-state index in [1.807, 2.05) is 43.3 Å². The number of carbonyl (C=O) groups excluding carboxylic acids is 2. The van der Waals surface area contributed by atoms with Gasteiger partial charge in [-0.3, -0.25) is 9.59 Å². The number of hydrogen-bond acceptors (Lipinski definition) is 3. The molecule has 3 aromatic carbocycles. The molecular formula is C25H23ClN2O3. The number of halogens is 1. The van der Waals surface area contributed by atoms with Crippen LogP contribution in [0.5, 0.6) is 5.75 Å². The van der Waals surface area contributed by atoms with Crippen LogP contribution in [0.25, 0.3) is 0 Å². The summed E-state index contributed by atoms with van der Waals surface area (Å²) in [5, 5.41) is 3.39. The van der Waals surface area contributed by atoms with Gasteiger partial charge in [-0.1, -0.05) is 61.3 Å². The maximum absolute atomic E-state index is 13.9. The fourth-order valence-electron chi connectivity index (χ4n) is 3.70. The molecular weight excluding hydrogens is 412 g/mol. The number of nitrogens with zero attached hydrogens (tertiary/aromatic N) is 2. The molecule has 6 heteroatoms. The SMILES string of the molecule is CCCCC1(Oc2ccc(Cl)cc2)C(=O)N(c2ccccc2)N(c2ccccc2)C1=O. The van der Waals surface area contributed by atoms with Gasteiger partial charge in [0.1, 0.15) is 5.75 Å². The van der Waals surface area contributed by atoms with Gasteiger partial charge < -0.3 is 4.74 Å². The maximum atomic E-state index is 13.9. The van der Waals surface area contributed by atoms with Gasteiger partial charge in [-0.2, -0.15) is 0 Å². The van der Waals surface area contributed by atoms with Crippen molar-refractivity contribution in [3.63, 3.8) is 0 Å². The van der Waals surface area contributed by atoms with E-state index in [1.54, 1.807) is 48.5 Å². The predicted molar refractivity (Wildman–Crippen MR) is 122 cm³/mol. The van der Waals surface area contributed by atoms with Gasteiger partial charge in [0.25, 0.3) is 17.4 Å². The first-order valence-corrected chi connectivity index (χ1v) is 10.7. The van der Waals surface area contributed by atoms with Gasteiger partial charge in [0.05, 0.1) is 11.4 Å². The van der Waals surface area contributed by atoms with Gasteiger partial charge in [-0.25, -0.2) is 10.0 Å². The third-order valence-electron chi connectivity index (χ3n) is 5.27. The number of para-hydroxylation sites is 2. The molecule has 1 saturated heterocycles. The Morgan fingerprint density at radius 1 is 0.774 bits per heavy atom. The maximum Gasteiger partial charge on any atom is 0.300 e. The molecule has 0 atom stereocenters. The molecule has 0 saturated carbocycles. The van der Waals surface area contributed by atoms with Gasteiger partial charge >= 0.3 is 0 Å². The van der Waals surface area contributed by atoms with Crippen LogP contribution in [0.2, 0.25) is 5.02 Å². The number of hydrazine groups is 1. The number of amides is 2. The highest BCUT2D eigenvalue weighted by Gasteiger charge is 2.61. The molecule has 1 heterocycles. The van der Waals surface area contributed by atoms with Crippen molar-refractivity contribution in [3.8, 4) is 5.75 Å². The lowest BCUT2D eigenvalue weighted by atomic mass is 9.95. The fourth-order valence-corrected chi connectivity index (χ4v) is 3.83. The largest absolute Gasteiger partial charge is 0.467 e. The molecule has 3 aromatic rings. The van der Waals surface area contributed by atoms with E-state index in [9.17, 15) is 9.59 Å². The molecule has 4 rings (SSSR count). The fraction of sp³-hybridized carbons (Fsp3) is 0.200. The van der Waals surface area contributed by atoms with Crippen molar-refractivity contribution < 1.29 is 14.3 Å². The lowest BCUT2D eigenvalue weighted by Gasteiger charge is -2.27. The molecule has 5 nitrogen and oxygen atoms in total. The second kappa shape index (κ2) is 8.82. The molecule has 0 aliphatic carbocycles. The molecule has 0 N–H and O–H groups in total. The minimum Gasteiger partial charge on any atom is -0.467 e. The van der Waals surface area contributed by atoms with Gasteiger partial charge in [0.15, 0.2) is 0 Å². The summed E-state index contributed by atoms with van der Waals surface area (Å²) in [6, 6.07) is 25.0. The van der Waals surface area contributed by atoms with Crippen molar-refractivity contribution in [2.75, 3.05) is 10.0 Å². The highest BCUT2D eigenvalue weighted by Crippen LogP contribution is 2.39. The summed E-state index contributed by atoms with van der Waals surface area (Å²) >= 11 is 6.00. The first-order valence-electron chi connectivity index (χ1n) is 10.3. The minimum absolute atomic E-state index is 0.274. The van der Waals surface area contributed by atoms with Crippen LogP contribution in [-0.4, -0.2) is 17.4 Å². The molecule has 1 fully saturated rings. The van der Waals surface area contributed by atoms with Crippen molar-refractivity contribution in [1.82, 2.24) is 0 Å².